The molecule has 0 bridgehead atoms. The van der Waals surface area contributed by atoms with Gasteiger partial charge in [0.2, 0.25) is 0 Å². The highest BCUT2D eigenvalue weighted by atomic mass is 15.1. The van der Waals surface area contributed by atoms with Gasteiger partial charge in [0.05, 0.1) is 0 Å². The van der Waals surface area contributed by atoms with Gasteiger partial charge in [-0.25, -0.2) is 0 Å². The first kappa shape index (κ1) is 15.8. The predicted octanol–water partition coefficient (Wildman–Crippen LogP) is 4.71. The summed E-state index contributed by atoms with van der Waals surface area (Å²) in [6, 6.07) is 19.8. The van der Waals surface area contributed by atoms with Crippen LogP contribution >= 0.6 is 0 Å². The molecule has 0 spiro atoms. The van der Waals surface area contributed by atoms with Crippen LogP contribution in [-0.4, -0.2) is 25.0 Å². The molecule has 2 rings (SSSR count). The van der Waals surface area contributed by atoms with Crippen LogP contribution in [0, 0.1) is 6.92 Å². The number of likely N-dealkylation sites (N-methyl/N-ethyl adjacent to an activating group) is 1. The molecule has 111 valence electrons. The molecule has 0 saturated carbocycles. The molecule has 2 unspecified atom stereocenters. The van der Waals surface area contributed by atoms with Crippen molar-refractivity contribution >= 4 is 0 Å². The highest BCUT2D eigenvalue weighted by molar-refractivity contribution is 5.37. The van der Waals surface area contributed by atoms with Gasteiger partial charge < -0.3 is 4.90 Å². The van der Waals surface area contributed by atoms with Crippen LogP contribution in [0.2, 0.25) is 0 Å². The molecule has 0 aliphatic heterocycles. The molecular weight excluding hydrogens is 254 g/mol. The Balaban J connectivity index is 2.47. The first-order chi connectivity index (χ1) is 10.0. The monoisotopic (exact) mass is 280 g/mol. The SMILES string of the molecule is [CH2]C(C(c1ccccc1)c1cccc(C(C)C)c1)N(C)C. The number of hydrogen-bond donors (Lipinski definition) is 0. The first-order valence-electron chi connectivity index (χ1n) is 7.65. The highest BCUT2D eigenvalue weighted by Gasteiger charge is 2.23. The van der Waals surface area contributed by atoms with E-state index in [1.165, 1.54) is 16.7 Å². The summed E-state index contributed by atoms with van der Waals surface area (Å²) in [6.07, 6.45) is 0. The maximum atomic E-state index is 4.39. The molecular formula is C20H26N. The Morgan fingerprint density at radius 1 is 0.810 bits per heavy atom. The highest BCUT2D eigenvalue weighted by Crippen LogP contribution is 2.31. The first-order valence-corrected chi connectivity index (χ1v) is 7.65. The Morgan fingerprint density at radius 3 is 1.95 bits per heavy atom. The van der Waals surface area contributed by atoms with Gasteiger partial charge in [0.25, 0.3) is 0 Å². The second-order valence-corrected chi connectivity index (χ2v) is 6.24. The van der Waals surface area contributed by atoms with Gasteiger partial charge in [0.1, 0.15) is 0 Å². The minimum atomic E-state index is 0.204. The Kier molecular flexibility index (Phi) is 5.19. The zero-order valence-electron chi connectivity index (χ0n) is 13.6. The van der Waals surface area contributed by atoms with Gasteiger partial charge in [0.15, 0.2) is 0 Å². The molecule has 1 heteroatoms. The van der Waals surface area contributed by atoms with Gasteiger partial charge in [0, 0.05) is 12.0 Å². The van der Waals surface area contributed by atoms with Crippen molar-refractivity contribution in [2.75, 3.05) is 14.1 Å². The molecule has 2 aromatic carbocycles. The molecule has 21 heavy (non-hydrogen) atoms. The lowest BCUT2D eigenvalue weighted by molar-refractivity contribution is 0.316. The normalized spacial score (nSPS) is 14.4. The molecule has 0 aliphatic carbocycles. The van der Waals surface area contributed by atoms with Gasteiger partial charge in [-0.2, -0.15) is 0 Å². The summed E-state index contributed by atoms with van der Waals surface area (Å²) in [7, 11) is 4.19. The van der Waals surface area contributed by atoms with Crippen LogP contribution in [0.15, 0.2) is 54.6 Å². The van der Waals surface area contributed by atoms with Crippen molar-refractivity contribution in [3.8, 4) is 0 Å². The fraction of sp³-hybridized carbons (Fsp3) is 0.350. The average Bonchev–Trinajstić information content (AvgIpc) is 2.48. The number of hydrogen-bond acceptors (Lipinski definition) is 1. The second-order valence-electron chi connectivity index (χ2n) is 6.24. The minimum absolute atomic E-state index is 0.204. The van der Waals surface area contributed by atoms with Gasteiger partial charge >= 0.3 is 0 Å². The van der Waals surface area contributed by atoms with Crippen molar-refractivity contribution in [3.05, 3.63) is 78.2 Å². The lowest BCUT2D eigenvalue weighted by atomic mass is 9.84. The maximum Gasteiger partial charge on any atom is 0.0245 e. The summed E-state index contributed by atoms with van der Waals surface area (Å²) in [5.74, 6) is 0.837. The van der Waals surface area contributed by atoms with Crippen molar-refractivity contribution in [1.82, 2.24) is 4.90 Å². The van der Waals surface area contributed by atoms with E-state index in [1.54, 1.807) is 0 Å². The molecule has 0 saturated heterocycles. The number of benzene rings is 2. The molecule has 0 aromatic heterocycles. The number of rotatable bonds is 5. The molecule has 2 atom stereocenters. The van der Waals surface area contributed by atoms with Gasteiger partial charge in [-0.15, -0.1) is 0 Å². The zero-order chi connectivity index (χ0) is 15.4. The topological polar surface area (TPSA) is 3.24 Å². The van der Waals surface area contributed by atoms with Gasteiger partial charge in [-0.1, -0.05) is 68.4 Å². The third-order valence-corrected chi connectivity index (χ3v) is 4.14. The Morgan fingerprint density at radius 2 is 1.38 bits per heavy atom. The summed E-state index contributed by atoms with van der Waals surface area (Å²) in [5.41, 5.74) is 4.06. The Bertz CT molecular complexity index is 557. The molecule has 0 amide bonds. The van der Waals surface area contributed by atoms with Crippen molar-refractivity contribution in [3.63, 3.8) is 0 Å². The van der Waals surface area contributed by atoms with E-state index in [0.29, 0.717) is 11.8 Å². The summed E-state index contributed by atoms with van der Waals surface area (Å²) >= 11 is 0. The minimum Gasteiger partial charge on any atom is -0.306 e. The summed E-state index contributed by atoms with van der Waals surface area (Å²) in [4.78, 5) is 2.19. The molecule has 1 nitrogen and oxygen atoms in total. The third-order valence-electron chi connectivity index (χ3n) is 4.14. The van der Waals surface area contributed by atoms with Crippen LogP contribution in [0.3, 0.4) is 0 Å². The lowest BCUT2D eigenvalue weighted by Crippen LogP contribution is -2.32. The smallest absolute Gasteiger partial charge is 0.0245 e. The molecule has 0 aliphatic rings. The molecule has 1 radical (unpaired) electrons. The van der Waals surface area contributed by atoms with Crippen LogP contribution in [-0.2, 0) is 0 Å². The fourth-order valence-electron chi connectivity index (χ4n) is 2.71. The van der Waals surface area contributed by atoms with E-state index >= 15 is 0 Å². The average molecular weight is 280 g/mol. The summed E-state index contributed by atoms with van der Waals surface area (Å²) in [6.45, 7) is 8.87. The van der Waals surface area contributed by atoms with Gasteiger partial charge in [-0.05, 0) is 43.6 Å². The van der Waals surface area contributed by atoms with Gasteiger partial charge in [-0.3, -0.25) is 0 Å². The van der Waals surface area contributed by atoms with Crippen molar-refractivity contribution < 1.29 is 0 Å². The zero-order valence-corrected chi connectivity index (χ0v) is 13.6. The van der Waals surface area contributed by atoms with Crippen molar-refractivity contribution in [1.29, 1.82) is 0 Å². The predicted molar refractivity (Wildman–Crippen MR) is 91.6 cm³/mol. The van der Waals surface area contributed by atoms with E-state index in [-0.39, 0.29) is 6.04 Å². The van der Waals surface area contributed by atoms with E-state index < -0.39 is 0 Å². The standard InChI is InChI=1S/C20H26N/c1-15(2)18-12-9-13-19(14-18)20(16(3)21(4)5)17-10-7-6-8-11-17/h6-16,20H,3H2,1-2,4-5H3. The van der Waals surface area contributed by atoms with Crippen molar-refractivity contribution in [2.24, 2.45) is 0 Å². The second kappa shape index (κ2) is 6.91. The van der Waals surface area contributed by atoms with E-state index in [9.17, 15) is 0 Å². The third kappa shape index (κ3) is 3.74. The van der Waals surface area contributed by atoms with E-state index in [1.807, 2.05) is 0 Å². The Labute approximate surface area is 129 Å². The Hall–Kier alpha value is -1.60. The maximum absolute atomic E-state index is 4.39. The van der Waals surface area contributed by atoms with Crippen LogP contribution in [0.25, 0.3) is 0 Å². The van der Waals surface area contributed by atoms with Crippen LogP contribution in [0.5, 0.6) is 0 Å². The summed E-state index contributed by atoms with van der Waals surface area (Å²) in [5, 5.41) is 0. The quantitative estimate of drug-likeness (QED) is 0.767. The van der Waals surface area contributed by atoms with E-state index in [2.05, 4.69) is 94.4 Å². The molecule has 0 N–H and O–H groups in total. The molecule has 2 aromatic rings. The van der Waals surface area contributed by atoms with E-state index in [4.69, 9.17) is 0 Å². The van der Waals surface area contributed by atoms with Crippen LogP contribution in [0.4, 0.5) is 0 Å². The van der Waals surface area contributed by atoms with Crippen molar-refractivity contribution in [2.45, 2.75) is 31.7 Å². The summed E-state index contributed by atoms with van der Waals surface area (Å²) < 4.78 is 0. The van der Waals surface area contributed by atoms with E-state index in [0.717, 1.165) is 0 Å². The lowest BCUT2D eigenvalue weighted by Gasteiger charge is -2.30. The molecule has 0 fully saturated rings. The molecule has 0 heterocycles. The largest absolute Gasteiger partial charge is 0.306 e. The van der Waals surface area contributed by atoms with Crippen LogP contribution in [0.1, 0.15) is 42.4 Å². The van der Waals surface area contributed by atoms with Crippen LogP contribution < -0.4 is 0 Å². The number of nitrogens with zero attached hydrogens (tertiary/aromatic N) is 1. The fourth-order valence-corrected chi connectivity index (χ4v) is 2.71.